The molecule has 0 aliphatic heterocycles. The van der Waals surface area contributed by atoms with Crippen molar-refractivity contribution in [2.75, 3.05) is 13.1 Å². The van der Waals surface area contributed by atoms with Crippen LogP contribution in [0.25, 0.3) is 0 Å². The molecule has 4 aromatic rings. The third kappa shape index (κ3) is 3.94. The van der Waals surface area contributed by atoms with Gasteiger partial charge >= 0.3 is 0 Å². The molecule has 4 aromatic carbocycles. The smallest absolute Gasteiger partial charge is 0.0648 e. The zero-order valence-electron chi connectivity index (χ0n) is 18.5. The average Bonchev–Trinajstić information content (AvgIpc) is 2.86. The van der Waals surface area contributed by atoms with Crippen molar-refractivity contribution in [1.82, 2.24) is 4.90 Å². The summed E-state index contributed by atoms with van der Waals surface area (Å²) in [6.45, 7) is 6.49. The predicted molar refractivity (Wildman–Crippen MR) is 131 cm³/mol. The van der Waals surface area contributed by atoms with Crippen molar-refractivity contribution in [2.24, 2.45) is 0 Å². The molecular formula is C30H31N. The van der Waals surface area contributed by atoms with Crippen molar-refractivity contribution in [1.29, 1.82) is 0 Å². The van der Waals surface area contributed by atoms with Gasteiger partial charge < -0.3 is 0 Å². The molecular weight excluding hydrogens is 374 g/mol. The van der Waals surface area contributed by atoms with Crippen molar-refractivity contribution in [3.8, 4) is 0 Å². The van der Waals surface area contributed by atoms with Crippen molar-refractivity contribution < 1.29 is 0 Å². The molecule has 0 N–H and O–H groups in total. The summed E-state index contributed by atoms with van der Waals surface area (Å²) in [5.41, 5.74) is 4.93. The fourth-order valence-electron chi connectivity index (χ4n) is 5.04. The maximum absolute atomic E-state index is 2.60. The van der Waals surface area contributed by atoms with Crippen LogP contribution < -0.4 is 0 Å². The molecule has 31 heavy (non-hydrogen) atoms. The van der Waals surface area contributed by atoms with Gasteiger partial charge in [-0.25, -0.2) is 0 Å². The molecule has 0 aliphatic carbocycles. The summed E-state index contributed by atoms with van der Waals surface area (Å²) in [6.07, 6.45) is 0. The first-order valence-electron chi connectivity index (χ1n) is 11.3. The number of nitrogens with zero attached hydrogens (tertiary/aromatic N) is 1. The van der Waals surface area contributed by atoms with E-state index in [-0.39, 0.29) is 11.5 Å². The summed E-state index contributed by atoms with van der Waals surface area (Å²) in [4.78, 5) is 2.60. The summed E-state index contributed by atoms with van der Waals surface area (Å²) >= 11 is 0. The number of hydrogen-bond acceptors (Lipinski definition) is 1. The van der Waals surface area contributed by atoms with Gasteiger partial charge in [-0.05, 0) is 35.3 Å². The van der Waals surface area contributed by atoms with E-state index in [9.17, 15) is 0 Å². The molecule has 0 fully saturated rings. The van der Waals surface area contributed by atoms with Crippen molar-refractivity contribution in [3.05, 3.63) is 144 Å². The van der Waals surface area contributed by atoms with Crippen molar-refractivity contribution in [3.63, 3.8) is 0 Å². The van der Waals surface area contributed by atoms with E-state index in [1.165, 1.54) is 22.3 Å². The van der Waals surface area contributed by atoms with Crippen LogP contribution in [0.5, 0.6) is 0 Å². The van der Waals surface area contributed by atoms with Crippen LogP contribution >= 0.6 is 0 Å². The Kier molecular flexibility index (Phi) is 6.64. The van der Waals surface area contributed by atoms with E-state index < -0.39 is 0 Å². The number of benzene rings is 4. The molecule has 156 valence electrons. The Morgan fingerprint density at radius 2 is 0.839 bits per heavy atom. The van der Waals surface area contributed by atoms with E-state index in [1.807, 2.05) is 0 Å². The molecule has 0 amide bonds. The van der Waals surface area contributed by atoms with Crippen molar-refractivity contribution in [2.45, 2.75) is 25.3 Å². The maximum Gasteiger partial charge on any atom is 0.0648 e. The summed E-state index contributed by atoms with van der Waals surface area (Å²) in [5.74, 6) is 0. The molecule has 4 rings (SSSR count). The minimum Gasteiger partial charge on any atom is -0.295 e. The Balaban J connectivity index is 2.14. The lowest BCUT2D eigenvalue weighted by molar-refractivity contribution is 0.168. The van der Waals surface area contributed by atoms with Gasteiger partial charge in [-0.3, -0.25) is 4.90 Å². The Bertz CT molecular complexity index is 942. The van der Waals surface area contributed by atoms with E-state index in [0.29, 0.717) is 0 Å². The summed E-state index contributed by atoms with van der Waals surface area (Å²) in [6, 6.07) is 44.2. The van der Waals surface area contributed by atoms with E-state index in [4.69, 9.17) is 0 Å². The highest BCUT2D eigenvalue weighted by Gasteiger charge is 2.46. The van der Waals surface area contributed by atoms with Gasteiger partial charge in [0.25, 0.3) is 0 Å². The average molecular weight is 406 g/mol. The quantitative estimate of drug-likeness (QED) is 0.282. The Hall–Kier alpha value is -3.16. The molecule has 1 nitrogen and oxygen atoms in total. The monoisotopic (exact) mass is 405 g/mol. The van der Waals surface area contributed by atoms with Gasteiger partial charge in [0.15, 0.2) is 0 Å². The first-order valence-corrected chi connectivity index (χ1v) is 11.3. The number of rotatable bonds is 8. The van der Waals surface area contributed by atoms with Gasteiger partial charge in [0, 0.05) is 0 Å². The molecule has 0 saturated heterocycles. The minimum absolute atomic E-state index is 0.149. The van der Waals surface area contributed by atoms with Gasteiger partial charge in [0.2, 0.25) is 0 Å². The van der Waals surface area contributed by atoms with Gasteiger partial charge in [-0.1, -0.05) is 135 Å². The lowest BCUT2D eigenvalue weighted by Crippen LogP contribution is -2.46. The standard InChI is InChI=1S/C30H31N/c1-3-31(4-2)29(25-17-9-5-10-18-25)30(26-19-11-6-12-20-26,27-21-13-7-14-22-27)28-23-15-8-16-24-28/h5-24,29H,3-4H2,1-2H3. The number of likely N-dealkylation sites (N-methyl/N-ethyl adjacent to an activating group) is 1. The van der Waals surface area contributed by atoms with E-state index in [1.54, 1.807) is 0 Å². The molecule has 0 aromatic heterocycles. The van der Waals surface area contributed by atoms with E-state index >= 15 is 0 Å². The summed E-state index contributed by atoms with van der Waals surface area (Å²) in [5, 5.41) is 0. The SMILES string of the molecule is CCN(CC)C(c1ccccc1)C(c1ccccc1)(c1ccccc1)c1ccccc1. The first kappa shape index (κ1) is 21.1. The second kappa shape index (κ2) is 9.76. The fourth-order valence-corrected chi connectivity index (χ4v) is 5.04. The maximum atomic E-state index is 2.60. The molecule has 0 bridgehead atoms. The normalized spacial score (nSPS) is 12.6. The first-order chi connectivity index (χ1) is 15.3. The lowest BCUT2D eigenvalue weighted by atomic mass is 9.62. The second-order valence-corrected chi connectivity index (χ2v) is 7.94. The van der Waals surface area contributed by atoms with Crippen LogP contribution in [-0.2, 0) is 5.41 Å². The third-order valence-electron chi connectivity index (χ3n) is 6.39. The van der Waals surface area contributed by atoms with E-state index in [0.717, 1.165) is 13.1 Å². The highest BCUT2D eigenvalue weighted by atomic mass is 15.2. The molecule has 1 unspecified atom stereocenters. The largest absolute Gasteiger partial charge is 0.295 e. The second-order valence-electron chi connectivity index (χ2n) is 7.94. The van der Waals surface area contributed by atoms with Crippen LogP contribution in [0.2, 0.25) is 0 Å². The van der Waals surface area contributed by atoms with Gasteiger partial charge in [-0.2, -0.15) is 0 Å². The van der Waals surface area contributed by atoms with E-state index in [2.05, 4.69) is 140 Å². The van der Waals surface area contributed by atoms with Crippen molar-refractivity contribution >= 4 is 0 Å². The zero-order chi connectivity index (χ0) is 21.5. The molecule has 0 heterocycles. The highest BCUT2D eigenvalue weighted by Crippen LogP contribution is 2.51. The fraction of sp³-hybridized carbons (Fsp3) is 0.200. The summed E-state index contributed by atoms with van der Waals surface area (Å²) < 4.78 is 0. The Morgan fingerprint density at radius 3 is 1.16 bits per heavy atom. The van der Waals surface area contributed by atoms with Crippen LogP contribution in [0.3, 0.4) is 0 Å². The molecule has 0 radical (unpaired) electrons. The molecule has 1 atom stereocenters. The van der Waals surface area contributed by atoms with Gasteiger partial charge in [0.1, 0.15) is 0 Å². The topological polar surface area (TPSA) is 3.24 Å². The van der Waals surface area contributed by atoms with Crippen LogP contribution in [0.1, 0.15) is 42.1 Å². The third-order valence-corrected chi connectivity index (χ3v) is 6.39. The van der Waals surface area contributed by atoms with Crippen LogP contribution in [0.15, 0.2) is 121 Å². The minimum atomic E-state index is -0.350. The molecule has 0 aliphatic rings. The number of hydrogen-bond donors (Lipinski definition) is 0. The highest BCUT2D eigenvalue weighted by molar-refractivity contribution is 5.54. The van der Waals surface area contributed by atoms with Crippen LogP contribution in [0, 0.1) is 0 Å². The summed E-state index contributed by atoms with van der Waals surface area (Å²) in [7, 11) is 0. The van der Waals surface area contributed by atoms with Gasteiger partial charge in [-0.15, -0.1) is 0 Å². The lowest BCUT2D eigenvalue weighted by Gasteiger charge is -2.47. The Labute approximate surface area is 187 Å². The zero-order valence-corrected chi connectivity index (χ0v) is 18.5. The molecule has 0 spiro atoms. The van der Waals surface area contributed by atoms with Crippen LogP contribution in [-0.4, -0.2) is 18.0 Å². The van der Waals surface area contributed by atoms with Crippen LogP contribution in [0.4, 0.5) is 0 Å². The predicted octanol–water partition coefficient (Wildman–Crippen LogP) is 7.10. The molecule has 1 heteroatoms. The molecule has 0 saturated carbocycles. The Morgan fingerprint density at radius 1 is 0.516 bits per heavy atom. The van der Waals surface area contributed by atoms with Gasteiger partial charge in [0.05, 0.1) is 11.5 Å².